The molecule has 1 aliphatic carbocycles. The number of ether oxygens (including phenoxy) is 1. The third-order valence-electron chi connectivity index (χ3n) is 6.53. The number of esters is 1. The summed E-state index contributed by atoms with van der Waals surface area (Å²) in [4.78, 5) is 38.8. The molecule has 2 heterocycles. The minimum absolute atomic E-state index is 0.140. The van der Waals surface area contributed by atoms with Gasteiger partial charge in [-0.2, -0.15) is 0 Å². The molecule has 32 heavy (non-hydrogen) atoms. The van der Waals surface area contributed by atoms with Crippen LogP contribution in [0, 0.1) is 5.92 Å². The molecule has 168 valence electrons. The van der Waals surface area contributed by atoms with Gasteiger partial charge in [0.2, 0.25) is 0 Å². The number of hydrogen-bond acceptors (Lipinski definition) is 6. The van der Waals surface area contributed by atoms with E-state index in [0.29, 0.717) is 63.8 Å². The third kappa shape index (κ3) is 3.90. The molecular formula is C26H29NO5. The van der Waals surface area contributed by atoms with Crippen molar-refractivity contribution in [3.05, 3.63) is 68.4 Å². The van der Waals surface area contributed by atoms with Crippen LogP contribution in [0.15, 0.2) is 56.0 Å². The molecule has 6 heteroatoms. The fourth-order valence-corrected chi connectivity index (χ4v) is 4.62. The number of dihydropyridines is 1. The molecule has 1 N–H and O–H groups in total. The minimum atomic E-state index is -0.679. The van der Waals surface area contributed by atoms with Crippen LogP contribution in [0.25, 0.3) is 11.0 Å². The van der Waals surface area contributed by atoms with Gasteiger partial charge in [0.25, 0.3) is 0 Å². The molecule has 2 aliphatic rings. The highest BCUT2D eigenvalue weighted by Gasteiger charge is 2.37. The monoisotopic (exact) mass is 435 g/mol. The molecular weight excluding hydrogens is 406 g/mol. The van der Waals surface area contributed by atoms with E-state index in [9.17, 15) is 14.4 Å². The molecule has 1 aromatic heterocycles. The number of Topliss-reactive ketones (excluding diaryl/α,β-unsaturated/α-hetero) is 1. The van der Waals surface area contributed by atoms with Crippen LogP contribution in [-0.4, -0.2) is 18.4 Å². The quantitative estimate of drug-likeness (QED) is 0.672. The summed E-state index contributed by atoms with van der Waals surface area (Å²) in [5, 5.41) is 3.61. The first kappa shape index (κ1) is 22.1. The lowest BCUT2D eigenvalue weighted by Crippen LogP contribution is -2.32. The maximum atomic E-state index is 13.3. The molecule has 1 aliphatic heterocycles. The second-order valence-electron chi connectivity index (χ2n) is 8.74. The maximum absolute atomic E-state index is 13.3. The van der Waals surface area contributed by atoms with E-state index in [0.717, 1.165) is 12.8 Å². The fraction of sp³-hybridized carbons (Fsp3) is 0.423. The highest BCUT2D eigenvalue weighted by atomic mass is 16.5. The molecule has 4 rings (SSSR count). The van der Waals surface area contributed by atoms with Gasteiger partial charge in [0, 0.05) is 35.0 Å². The minimum Gasteiger partial charge on any atom is -0.462 e. The zero-order valence-electron chi connectivity index (χ0n) is 19.0. The predicted octanol–water partition coefficient (Wildman–Crippen LogP) is 4.52. The average molecular weight is 436 g/mol. The van der Waals surface area contributed by atoms with Crippen LogP contribution in [0.1, 0.15) is 64.2 Å². The predicted molar refractivity (Wildman–Crippen MR) is 122 cm³/mol. The topological polar surface area (TPSA) is 85.6 Å². The van der Waals surface area contributed by atoms with Crippen molar-refractivity contribution in [3.63, 3.8) is 0 Å². The standard InChI is InChI=1S/C26H29NO5/c1-5-18-12-21(29)19-10-7-11-20(25(19)32-18)24-22(16(4)28)14(2)27-15(3)23(24)26(30)31-13-17-8-6-9-17/h7,10-12,17,24,27H,5-6,8-9,13H2,1-4H3. The first-order valence-electron chi connectivity index (χ1n) is 11.2. The largest absolute Gasteiger partial charge is 0.462 e. The summed E-state index contributed by atoms with van der Waals surface area (Å²) in [6, 6.07) is 6.79. The van der Waals surface area contributed by atoms with Crippen molar-refractivity contribution in [2.24, 2.45) is 5.92 Å². The maximum Gasteiger partial charge on any atom is 0.336 e. The van der Waals surface area contributed by atoms with E-state index in [1.54, 1.807) is 12.1 Å². The average Bonchev–Trinajstić information content (AvgIpc) is 2.71. The second-order valence-corrected chi connectivity index (χ2v) is 8.74. The Bertz CT molecular complexity index is 1210. The molecule has 0 saturated heterocycles. The fourth-order valence-electron chi connectivity index (χ4n) is 4.62. The Labute approximate surface area is 187 Å². The van der Waals surface area contributed by atoms with Crippen LogP contribution >= 0.6 is 0 Å². The Kier molecular flexibility index (Phi) is 6.04. The number of benzene rings is 1. The molecule has 2 aromatic rings. The zero-order chi connectivity index (χ0) is 23.0. The zero-order valence-corrected chi connectivity index (χ0v) is 19.0. The summed E-state index contributed by atoms with van der Waals surface area (Å²) in [6.45, 7) is 7.42. The van der Waals surface area contributed by atoms with Crippen LogP contribution < -0.4 is 10.7 Å². The van der Waals surface area contributed by atoms with E-state index >= 15 is 0 Å². The van der Waals surface area contributed by atoms with Gasteiger partial charge in [0.15, 0.2) is 11.2 Å². The number of carbonyl (C=O) groups excluding carboxylic acids is 2. The molecule has 1 atom stereocenters. The lowest BCUT2D eigenvalue weighted by Gasteiger charge is -2.31. The third-order valence-corrected chi connectivity index (χ3v) is 6.53. The Morgan fingerprint density at radius 3 is 2.50 bits per heavy atom. The van der Waals surface area contributed by atoms with Gasteiger partial charge < -0.3 is 14.5 Å². The van der Waals surface area contributed by atoms with E-state index in [1.165, 1.54) is 19.4 Å². The number of nitrogens with one attached hydrogen (secondary N) is 1. The van der Waals surface area contributed by atoms with Crippen molar-refractivity contribution in [1.29, 1.82) is 0 Å². The van der Waals surface area contributed by atoms with E-state index < -0.39 is 11.9 Å². The molecule has 0 spiro atoms. The SMILES string of the molecule is CCc1cc(=O)c2cccc(C3C(C(C)=O)=C(C)NC(C)=C3C(=O)OCC3CCC3)c2o1. The van der Waals surface area contributed by atoms with Crippen molar-refractivity contribution in [2.75, 3.05) is 6.61 Å². The molecule has 1 fully saturated rings. The Hall–Kier alpha value is -3.15. The number of ketones is 1. The number of hydrogen-bond donors (Lipinski definition) is 1. The van der Waals surface area contributed by atoms with Gasteiger partial charge in [0.05, 0.1) is 23.5 Å². The lowest BCUT2D eigenvalue weighted by atomic mass is 9.78. The van der Waals surface area contributed by atoms with E-state index in [1.807, 2.05) is 26.8 Å². The van der Waals surface area contributed by atoms with Crippen molar-refractivity contribution in [2.45, 2.75) is 59.3 Å². The van der Waals surface area contributed by atoms with Gasteiger partial charge in [-0.05, 0) is 45.6 Å². The smallest absolute Gasteiger partial charge is 0.336 e. The number of fused-ring (bicyclic) bond motifs is 1. The number of rotatable bonds is 6. The van der Waals surface area contributed by atoms with Gasteiger partial charge in [-0.25, -0.2) is 4.79 Å². The van der Waals surface area contributed by atoms with Gasteiger partial charge in [-0.3, -0.25) is 9.59 Å². The van der Waals surface area contributed by atoms with Crippen molar-refractivity contribution in [1.82, 2.24) is 5.32 Å². The van der Waals surface area contributed by atoms with Crippen molar-refractivity contribution >= 4 is 22.7 Å². The summed E-state index contributed by atoms with van der Waals surface area (Å²) >= 11 is 0. The Morgan fingerprint density at radius 2 is 1.88 bits per heavy atom. The lowest BCUT2D eigenvalue weighted by molar-refractivity contribution is -0.141. The molecule has 0 bridgehead atoms. The summed E-state index contributed by atoms with van der Waals surface area (Å²) < 4.78 is 11.8. The number of para-hydroxylation sites is 1. The van der Waals surface area contributed by atoms with E-state index in [2.05, 4.69) is 5.32 Å². The molecule has 1 aromatic carbocycles. The number of aryl methyl sites for hydroxylation is 1. The normalized spacial score (nSPS) is 19.1. The van der Waals surface area contributed by atoms with Crippen LogP contribution in [-0.2, 0) is 20.7 Å². The first-order valence-corrected chi connectivity index (χ1v) is 11.2. The summed E-state index contributed by atoms with van der Waals surface area (Å²) in [6.07, 6.45) is 3.86. The van der Waals surface area contributed by atoms with Gasteiger partial charge in [-0.1, -0.05) is 25.5 Å². The number of allylic oxidation sites excluding steroid dienone is 3. The van der Waals surface area contributed by atoms with Gasteiger partial charge in [0.1, 0.15) is 11.3 Å². The van der Waals surface area contributed by atoms with E-state index in [4.69, 9.17) is 9.15 Å². The highest BCUT2D eigenvalue weighted by molar-refractivity contribution is 6.03. The van der Waals surface area contributed by atoms with E-state index in [-0.39, 0.29) is 11.2 Å². The Morgan fingerprint density at radius 1 is 1.16 bits per heavy atom. The second kappa shape index (κ2) is 8.77. The molecule has 1 saturated carbocycles. The number of carbonyl (C=O) groups is 2. The van der Waals surface area contributed by atoms with Crippen LogP contribution in [0.2, 0.25) is 0 Å². The highest BCUT2D eigenvalue weighted by Crippen LogP contribution is 2.41. The van der Waals surface area contributed by atoms with Gasteiger partial charge in [-0.15, -0.1) is 0 Å². The summed E-state index contributed by atoms with van der Waals surface area (Å²) in [7, 11) is 0. The molecule has 1 unspecified atom stereocenters. The van der Waals surface area contributed by atoms with Crippen LogP contribution in [0.3, 0.4) is 0 Å². The summed E-state index contributed by atoms with van der Waals surface area (Å²) in [5.41, 5.74) is 3.08. The van der Waals surface area contributed by atoms with Crippen LogP contribution in [0.5, 0.6) is 0 Å². The molecule has 6 nitrogen and oxygen atoms in total. The van der Waals surface area contributed by atoms with Crippen LogP contribution in [0.4, 0.5) is 0 Å². The van der Waals surface area contributed by atoms with Crippen molar-refractivity contribution in [3.8, 4) is 0 Å². The summed E-state index contributed by atoms with van der Waals surface area (Å²) in [5.74, 6) is -0.306. The molecule has 0 amide bonds. The van der Waals surface area contributed by atoms with Gasteiger partial charge >= 0.3 is 5.97 Å². The molecule has 0 radical (unpaired) electrons. The Balaban J connectivity index is 1.89. The van der Waals surface area contributed by atoms with Crippen molar-refractivity contribution < 1.29 is 18.7 Å². The first-order chi connectivity index (χ1) is 15.3.